The van der Waals surface area contributed by atoms with Gasteiger partial charge in [0.25, 0.3) is 0 Å². The van der Waals surface area contributed by atoms with Gasteiger partial charge in [0.15, 0.2) is 0 Å². The molecule has 0 saturated carbocycles. The first-order chi connectivity index (χ1) is 7.99. The molecule has 0 aliphatic carbocycles. The minimum absolute atomic E-state index is 0.0807. The van der Waals surface area contributed by atoms with E-state index in [1.807, 2.05) is 13.8 Å². The van der Waals surface area contributed by atoms with Gasteiger partial charge in [-0.1, -0.05) is 40.0 Å². The van der Waals surface area contributed by atoms with Crippen LogP contribution in [-0.4, -0.2) is 46.4 Å². The van der Waals surface area contributed by atoms with Gasteiger partial charge in [-0.2, -0.15) is 0 Å². The highest BCUT2D eigenvalue weighted by Gasteiger charge is 2.20. The maximum absolute atomic E-state index is 8.76. The highest BCUT2D eigenvalue weighted by Crippen LogP contribution is 2.20. The van der Waals surface area contributed by atoms with Crippen LogP contribution in [-0.2, 0) is 0 Å². The van der Waals surface area contributed by atoms with Crippen LogP contribution in [0, 0.1) is 5.41 Å². The molecule has 0 radical (unpaired) electrons. The first-order valence-electron chi connectivity index (χ1n) is 6.50. The van der Waals surface area contributed by atoms with Crippen molar-refractivity contribution >= 4 is 0 Å². The zero-order valence-corrected chi connectivity index (χ0v) is 11.5. The molecule has 1 atom stereocenters. The number of aliphatic hydroxyl groups excluding tert-OH is 4. The van der Waals surface area contributed by atoms with Crippen molar-refractivity contribution in [2.45, 2.75) is 59.0 Å². The average Bonchev–Trinajstić information content (AvgIpc) is 2.36. The first-order valence-corrected chi connectivity index (χ1v) is 6.50. The van der Waals surface area contributed by atoms with E-state index in [-0.39, 0.29) is 25.2 Å². The van der Waals surface area contributed by atoms with Crippen LogP contribution in [0.5, 0.6) is 0 Å². The lowest BCUT2D eigenvalue weighted by molar-refractivity contribution is 0.0622. The second kappa shape index (κ2) is 12.3. The van der Waals surface area contributed by atoms with Crippen LogP contribution >= 0.6 is 0 Å². The molecule has 4 nitrogen and oxygen atoms in total. The molecule has 4 N–H and O–H groups in total. The Hall–Kier alpha value is -0.160. The number of rotatable bonds is 8. The molecule has 0 bridgehead atoms. The maximum atomic E-state index is 8.76. The van der Waals surface area contributed by atoms with Crippen molar-refractivity contribution in [2.75, 3.05) is 19.8 Å². The molecule has 0 spiro atoms. The van der Waals surface area contributed by atoms with Gasteiger partial charge in [0, 0.05) is 5.41 Å². The third-order valence-corrected chi connectivity index (χ3v) is 2.72. The number of aliphatic hydroxyl groups is 4. The van der Waals surface area contributed by atoms with Crippen molar-refractivity contribution in [2.24, 2.45) is 5.41 Å². The smallest absolute Gasteiger partial charge is 0.0770 e. The van der Waals surface area contributed by atoms with E-state index in [4.69, 9.17) is 20.4 Å². The quantitative estimate of drug-likeness (QED) is 0.523. The van der Waals surface area contributed by atoms with Crippen molar-refractivity contribution in [1.82, 2.24) is 0 Å². The van der Waals surface area contributed by atoms with E-state index in [0.29, 0.717) is 0 Å². The molecule has 17 heavy (non-hydrogen) atoms. The van der Waals surface area contributed by atoms with Crippen molar-refractivity contribution in [3.63, 3.8) is 0 Å². The topological polar surface area (TPSA) is 80.9 Å². The second-order valence-electron chi connectivity index (χ2n) is 4.86. The van der Waals surface area contributed by atoms with Crippen LogP contribution < -0.4 is 0 Å². The summed E-state index contributed by atoms with van der Waals surface area (Å²) in [5.41, 5.74) is -0.255. The van der Waals surface area contributed by atoms with E-state index in [1.165, 1.54) is 0 Å². The lowest BCUT2D eigenvalue weighted by atomic mass is 9.88. The monoisotopic (exact) mass is 250 g/mol. The van der Waals surface area contributed by atoms with Crippen molar-refractivity contribution in [3.05, 3.63) is 0 Å². The predicted octanol–water partition coefficient (Wildman–Crippen LogP) is 1.31. The minimum atomic E-state index is -0.491. The van der Waals surface area contributed by atoms with Gasteiger partial charge in [-0.15, -0.1) is 0 Å². The molecule has 0 aromatic rings. The van der Waals surface area contributed by atoms with E-state index >= 15 is 0 Å². The maximum Gasteiger partial charge on any atom is 0.0770 e. The van der Waals surface area contributed by atoms with Gasteiger partial charge in [-0.25, -0.2) is 0 Å². The Morgan fingerprint density at radius 3 is 1.76 bits per heavy atom. The summed E-state index contributed by atoms with van der Waals surface area (Å²) in [6.45, 7) is 6.05. The van der Waals surface area contributed by atoms with E-state index in [1.54, 1.807) is 0 Å². The van der Waals surface area contributed by atoms with Crippen LogP contribution in [0.4, 0.5) is 0 Å². The van der Waals surface area contributed by atoms with Crippen LogP contribution in [0.2, 0.25) is 0 Å². The Bertz CT molecular complexity index is 146. The summed E-state index contributed by atoms with van der Waals surface area (Å²) in [6.07, 6.45) is 4.22. The van der Waals surface area contributed by atoms with Crippen molar-refractivity contribution in [3.8, 4) is 0 Å². The van der Waals surface area contributed by atoms with Gasteiger partial charge in [-0.3, -0.25) is 0 Å². The molecule has 0 saturated heterocycles. The predicted molar refractivity (Wildman–Crippen MR) is 69.8 cm³/mol. The van der Waals surface area contributed by atoms with Crippen LogP contribution in [0.25, 0.3) is 0 Å². The number of hydrogen-bond acceptors (Lipinski definition) is 4. The van der Waals surface area contributed by atoms with Crippen molar-refractivity contribution < 1.29 is 20.4 Å². The summed E-state index contributed by atoms with van der Waals surface area (Å²) in [6, 6.07) is 0. The van der Waals surface area contributed by atoms with E-state index in [9.17, 15) is 0 Å². The minimum Gasteiger partial charge on any atom is -0.396 e. The number of hydrogen-bond donors (Lipinski definition) is 4. The largest absolute Gasteiger partial charge is 0.396 e. The van der Waals surface area contributed by atoms with Gasteiger partial charge in [-0.05, 0) is 12.8 Å². The Kier molecular flexibility index (Phi) is 13.9. The Morgan fingerprint density at radius 1 is 1.00 bits per heavy atom. The SMILES string of the molecule is CCCC(C)(CO)CO.CCCCC(O)CO. The fourth-order valence-corrected chi connectivity index (χ4v) is 1.34. The van der Waals surface area contributed by atoms with Crippen LogP contribution in [0.1, 0.15) is 52.9 Å². The van der Waals surface area contributed by atoms with Gasteiger partial charge >= 0.3 is 0 Å². The second-order valence-corrected chi connectivity index (χ2v) is 4.86. The summed E-state index contributed by atoms with van der Waals surface area (Å²) < 4.78 is 0. The van der Waals surface area contributed by atoms with Gasteiger partial charge in [0.1, 0.15) is 0 Å². The number of unbranched alkanes of at least 4 members (excludes halogenated alkanes) is 1. The molecule has 0 aliphatic rings. The zero-order valence-electron chi connectivity index (χ0n) is 11.5. The standard InChI is InChI=1S/C7H16O2.C6H14O2/c1-3-4-7(2,5-8)6-9;1-2-3-4-6(8)5-7/h8-9H,3-6H2,1-2H3;6-8H,2-5H2,1H3. The summed E-state index contributed by atoms with van der Waals surface area (Å²) in [7, 11) is 0. The molecule has 106 valence electrons. The molecule has 0 fully saturated rings. The highest BCUT2D eigenvalue weighted by atomic mass is 16.3. The molecular weight excluding hydrogens is 220 g/mol. The normalized spacial score (nSPS) is 12.9. The lowest BCUT2D eigenvalue weighted by Gasteiger charge is -2.23. The van der Waals surface area contributed by atoms with E-state index < -0.39 is 6.10 Å². The lowest BCUT2D eigenvalue weighted by Crippen LogP contribution is -2.25. The van der Waals surface area contributed by atoms with E-state index in [0.717, 1.165) is 32.1 Å². The molecule has 0 aromatic heterocycles. The summed E-state index contributed by atoms with van der Waals surface area (Å²) in [5.74, 6) is 0. The molecule has 0 amide bonds. The third-order valence-electron chi connectivity index (χ3n) is 2.72. The zero-order chi connectivity index (χ0) is 13.7. The molecule has 0 aromatic carbocycles. The Morgan fingerprint density at radius 2 is 1.53 bits per heavy atom. The molecular formula is C13H30O4. The summed E-state index contributed by atoms with van der Waals surface area (Å²) in [5, 5.41) is 34.6. The molecule has 0 aliphatic heterocycles. The fraction of sp³-hybridized carbons (Fsp3) is 1.00. The molecule has 0 rings (SSSR count). The Balaban J connectivity index is 0. The van der Waals surface area contributed by atoms with Crippen molar-refractivity contribution in [1.29, 1.82) is 0 Å². The van der Waals surface area contributed by atoms with Crippen LogP contribution in [0.3, 0.4) is 0 Å². The molecule has 0 heterocycles. The van der Waals surface area contributed by atoms with Gasteiger partial charge in [0.05, 0.1) is 25.9 Å². The summed E-state index contributed by atoms with van der Waals surface area (Å²) in [4.78, 5) is 0. The fourth-order valence-electron chi connectivity index (χ4n) is 1.34. The van der Waals surface area contributed by atoms with E-state index in [2.05, 4.69) is 6.92 Å². The van der Waals surface area contributed by atoms with Gasteiger partial charge < -0.3 is 20.4 Å². The highest BCUT2D eigenvalue weighted by molar-refractivity contribution is 4.70. The average molecular weight is 250 g/mol. The van der Waals surface area contributed by atoms with Crippen LogP contribution in [0.15, 0.2) is 0 Å². The summed E-state index contributed by atoms with van der Waals surface area (Å²) >= 11 is 0. The Labute approximate surface area is 105 Å². The molecule has 1 unspecified atom stereocenters. The first kappa shape index (κ1) is 19.2. The molecule has 4 heteroatoms. The third kappa shape index (κ3) is 12.1. The van der Waals surface area contributed by atoms with Gasteiger partial charge in [0.2, 0.25) is 0 Å².